The van der Waals surface area contributed by atoms with Gasteiger partial charge in [-0.2, -0.15) is 0 Å². The van der Waals surface area contributed by atoms with Crippen LogP contribution < -0.4 is 4.74 Å². The van der Waals surface area contributed by atoms with Crippen LogP contribution in [0.4, 0.5) is 5.69 Å². The molecule has 1 fully saturated rings. The number of ether oxygens (including phenoxy) is 1. The maximum Gasteiger partial charge on any atom is 0.329 e. The SMILES string of the molecule is COc1ccc(N=C2CC(C)(C)CC3=NC(C(=O)O)CSC23)cc1. The van der Waals surface area contributed by atoms with Gasteiger partial charge in [-0.15, -0.1) is 11.8 Å². The standard InChI is InChI=1S/C18H22N2O3S/c1-18(2)8-13(19-11-4-6-12(23-3)7-5-11)16-14(9-18)20-15(10-24-16)17(21)22/h4-7,15-16H,8-10H2,1-3H3,(H,21,22). The first kappa shape index (κ1) is 17.0. The minimum atomic E-state index is -0.842. The second kappa shape index (κ2) is 6.59. The molecule has 24 heavy (non-hydrogen) atoms. The Kier molecular flexibility index (Phi) is 4.67. The third-order valence-electron chi connectivity index (χ3n) is 4.30. The Labute approximate surface area is 146 Å². The normalized spacial score (nSPS) is 27.3. The summed E-state index contributed by atoms with van der Waals surface area (Å²) in [6, 6.07) is 7.06. The van der Waals surface area contributed by atoms with Crippen molar-refractivity contribution in [3.8, 4) is 5.75 Å². The Morgan fingerprint density at radius 3 is 2.67 bits per heavy atom. The van der Waals surface area contributed by atoms with Gasteiger partial charge < -0.3 is 9.84 Å². The molecular weight excluding hydrogens is 324 g/mol. The molecule has 0 saturated heterocycles. The highest BCUT2D eigenvalue weighted by molar-refractivity contribution is 8.01. The fraction of sp³-hybridized carbons (Fsp3) is 0.500. The molecule has 0 amide bonds. The van der Waals surface area contributed by atoms with Crippen molar-refractivity contribution in [2.45, 2.75) is 38.0 Å². The van der Waals surface area contributed by atoms with Gasteiger partial charge in [-0.1, -0.05) is 13.8 Å². The summed E-state index contributed by atoms with van der Waals surface area (Å²) in [5.74, 6) is 0.470. The number of aliphatic carboxylic acids is 1. The van der Waals surface area contributed by atoms with Crippen molar-refractivity contribution in [2.75, 3.05) is 12.9 Å². The van der Waals surface area contributed by atoms with Crippen LogP contribution in [-0.2, 0) is 4.79 Å². The van der Waals surface area contributed by atoms with E-state index < -0.39 is 12.0 Å². The summed E-state index contributed by atoms with van der Waals surface area (Å²) in [7, 11) is 1.64. The molecule has 1 heterocycles. The summed E-state index contributed by atoms with van der Waals surface area (Å²) < 4.78 is 5.19. The second-order valence-corrected chi connectivity index (χ2v) is 8.14. The van der Waals surface area contributed by atoms with Crippen LogP contribution >= 0.6 is 11.8 Å². The monoisotopic (exact) mass is 346 g/mol. The van der Waals surface area contributed by atoms with Crippen LogP contribution in [0.3, 0.4) is 0 Å². The van der Waals surface area contributed by atoms with Crippen LogP contribution in [0.15, 0.2) is 34.3 Å². The molecule has 1 aliphatic carbocycles. The number of carboxylic acid groups (broad SMARTS) is 1. The zero-order chi connectivity index (χ0) is 17.3. The van der Waals surface area contributed by atoms with Crippen LogP contribution in [-0.4, -0.2) is 46.7 Å². The zero-order valence-electron chi connectivity index (χ0n) is 14.2. The van der Waals surface area contributed by atoms with Crippen molar-refractivity contribution >= 4 is 34.8 Å². The number of carbonyl (C=O) groups is 1. The van der Waals surface area contributed by atoms with Crippen molar-refractivity contribution in [3.63, 3.8) is 0 Å². The van der Waals surface area contributed by atoms with Crippen LogP contribution in [0.5, 0.6) is 5.75 Å². The van der Waals surface area contributed by atoms with E-state index in [0.29, 0.717) is 5.75 Å². The summed E-state index contributed by atoms with van der Waals surface area (Å²) >= 11 is 1.65. The van der Waals surface area contributed by atoms with Crippen LogP contribution in [0.2, 0.25) is 0 Å². The molecule has 5 nitrogen and oxygen atoms in total. The molecule has 1 N–H and O–H groups in total. The van der Waals surface area contributed by atoms with Gasteiger partial charge in [0.25, 0.3) is 0 Å². The number of nitrogens with zero attached hydrogens (tertiary/aromatic N) is 2. The lowest BCUT2D eigenvalue weighted by Crippen LogP contribution is -2.44. The number of methoxy groups -OCH3 is 1. The molecule has 1 aromatic carbocycles. The van der Waals surface area contributed by atoms with E-state index in [1.165, 1.54) is 0 Å². The minimum Gasteiger partial charge on any atom is -0.497 e. The van der Waals surface area contributed by atoms with Gasteiger partial charge in [0.05, 0.1) is 18.0 Å². The molecule has 0 bridgehead atoms. The van der Waals surface area contributed by atoms with Gasteiger partial charge in [-0.3, -0.25) is 9.98 Å². The summed E-state index contributed by atoms with van der Waals surface area (Å²) in [5.41, 5.74) is 3.00. The van der Waals surface area contributed by atoms with E-state index in [-0.39, 0.29) is 10.7 Å². The third kappa shape index (κ3) is 3.64. The Hall–Kier alpha value is -1.82. The molecule has 2 aliphatic rings. The molecule has 0 radical (unpaired) electrons. The van der Waals surface area contributed by atoms with Gasteiger partial charge in [-0.25, -0.2) is 4.79 Å². The lowest BCUT2D eigenvalue weighted by atomic mass is 9.75. The van der Waals surface area contributed by atoms with Gasteiger partial charge in [0.1, 0.15) is 5.75 Å². The summed E-state index contributed by atoms with van der Waals surface area (Å²) in [6.45, 7) is 4.37. The number of fused-ring (bicyclic) bond motifs is 1. The van der Waals surface area contributed by atoms with E-state index in [0.717, 1.165) is 35.7 Å². The third-order valence-corrected chi connectivity index (χ3v) is 5.68. The van der Waals surface area contributed by atoms with E-state index in [1.807, 2.05) is 24.3 Å². The average Bonchev–Trinajstić information content (AvgIpc) is 2.54. The molecule has 1 saturated carbocycles. The summed E-state index contributed by atoms with van der Waals surface area (Å²) in [5, 5.41) is 9.35. The first-order valence-electron chi connectivity index (χ1n) is 8.00. The fourth-order valence-corrected chi connectivity index (χ4v) is 4.46. The number of hydrogen-bond donors (Lipinski definition) is 1. The second-order valence-electron chi connectivity index (χ2n) is 7.01. The van der Waals surface area contributed by atoms with E-state index >= 15 is 0 Å². The van der Waals surface area contributed by atoms with Gasteiger partial charge in [0.2, 0.25) is 0 Å². The van der Waals surface area contributed by atoms with Crippen LogP contribution in [0, 0.1) is 5.41 Å². The van der Waals surface area contributed by atoms with Crippen LogP contribution in [0.25, 0.3) is 0 Å². The minimum absolute atomic E-state index is 0.0432. The molecule has 2 unspecified atom stereocenters. The van der Waals surface area contributed by atoms with Crippen molar-refractivity contribution in [1.82, 2.24) is 0 Å². The molecule has 1 aromatic rings. The van der Waals surface area contributed by atoms with Crippen molar-refractivity contribution in [2.24, 2.45) is 15.4 Å². The highest BCUT2D eigenvalue weighted by Gasteiger charge is 2.40. The molecule has 0 spiro atoms. The molecule has 0 aromatic heterocycles. The Bertz CT molecular complexity index is 695. The van der Waals surface area contributed by atoms with Gasteiger partial charge in [0.15, 0.2) is 6.04 Å². The lowest BCUT2D eigenvalue weighted by molar-refractivity contribution is -0.137. The number of thioether (sulfide) groups is 1. The summed E-state index contributed by atoms with van der Waals surface area (Å²) in [4.78, 5) is 20.6. The largest absolute Gasteiger partial charge is 0.497 e. The maximum atomic E-state index is 11.3. The van der Waals surface area contributed by atoms with E-state index in [4.69, 9.17) is 9.73 Å². The molecule has 128 valence electrons. The number of aliphatic imine (C=N–C) groups is 2. The Balaban J connectivity index is 1.93. The first-order valence-corrected chi connectivity index (χ1v) is 9.05. The quantitative estimate of drug-likeness (QED) is 0.908. The van der Waals surface area contributed by atoms with Gasteiger partial charge >= 0.3 is 5.97 Å². The summed E-state index contributed by atoms with van der Waals surface area (Å²) in [6.07, 6.45) is 1.73. The van der Waals surface area contributed by atoms with Crippen LogP contribution in [0.1, 0.15) is 26.7 Å². The molecular formula is C18H22N2O3S. The fourth-order valence-electron chi connectivity index (χ4n) is 3.20. The first-order chi connectivity index (χ1) is 11.4. The van der Waals surface area contributed by atoms with Crippen molar-refractivity contribution in [1.29, 1.82) is 0 Å². The van der Waals surface area contributed by atoms with E-state index in [1.54, 1.807) is 18.9 Å². The number of hydrogen-bond acceptors (Lipinski definition) is 5. The molecule has 2 atom stereocenters. The average molecular weight is 346 g/mol. The van der Waals surface area contributed by atoms with Crippen molar-refractivity contribution < 1.29 is 14.6 Å². The van der Waals surface area contributed by atoms with Crippen molar-refractivity contribution in [3.05, 3.63) is 24.3 Å². The number of rotatable bonds is 3. The van der Waals surface area contributed by atoms with E-state index in [9.17, 15) is 9.90 Å². The topological polar surface area (TPSA) is 71.2 Å². The zero-order valence-corrected chi connectivity index (χ0v) is 15.0. The molecule has 1 aliphatic heterocycles. The predicted molar refractivity (Wildman–Crippen MR) is 98.2 cm³/mol. The number of carboxylic acids is 1. The Morgan fingerprint density at radius 1 is 1.33 bits per heavy atom. The number of benzene rings is 1. The molecule has 6 heteroatoms. The molecule has 3 rings (SSSR count). The Morgan fingerprint density at radius 2 is 2.04 bits per heavy atom. The van der Waals surface area contributed by atoms with Gasteiger partial charge in [0, 0.05) is 17.2 Å². The highest BCUT2D eigenvalue weighted by Crippen LogP contribution is 2.40. The lowest BCUT2D eigenvalue weighted by Gasteiger charge is -2.39. The maximum absolute atomic E-state index is 11.3. The highest BCUT2D eigenvalue weighted by atomic mass is 32.2. The van der Waals surface area contributed by atoms with E-state index in [2.05, 4.69) is 18.8 Å². The smallest absolute Gasteiger partial charge is 0.329 e. The predicted octanol–water partition coefficient (Wildman–Crippen LogP) is 3.60. The van der Waals surface area contributed by atoms with Gasteiger partial charge in [-0.05, 0) is 42.5 Å².